The highest BCUT2D eigenvalue weighted by Gasteiger charge is 2.19. The molecule has 2 rings (SSSR count). The third-order valence-corrected chi connectivity index (χ3v) is 4.18. The van der Waals surface area contributed by atoms with Crippen molar-refractivity contribution in [1.82, 2.24) is 10.5 Å². The molecule has 1 aromatic carbocycles. The van der Waals surface area contributed by atoms with Gasteiger partial charge in [-0.05, 0) is 37.5 Å². The highest BCUT2D eigenvalue weighted by molar-refractivity contribution is 5.79. The van der Waals surface area contributed by atoms with Crippen molar-refractivity contribution in [2.75, 3.05) is 0 Å². The summed E-state index contributed by atoms with van der Waals surface area (Å²) in [7, 11) is 0. The van der Waals surface area contributed by atoms with Gasteiger partial charge in [-0.15, -0.1) is 0 Å². The van der Waals surface area contributed by atoms with Crippen LogP contribution in [-0.4, -0.2) is 22.2 Å². The lowest BCUT2D eigenvalue weighted by Crippen LogP contribution is -2.35. The third-order valence-electron chi connectivity index (χ3n) is 4.18. The first kappa shape index (κ1) is 19.1. The molecule has 0 aliphatic heterocycles. The minimum atomic E-state index is -0.760. The molecule has 0 aliphatic carbocycles. The molecule has 0 spiro atoms. The maximum Gasteiger partial charge on any atom is 0.224 e. The van der Waals surface area contributed by atoms with Gasteiger partial charge in [0.1, 0.15) is 11.6 Å². The van der Waals surface area contributed by atoms with Crippen molar-refractivity contribution in [2.24, 2.45) is 0 Å². The Balaban J connectivity index is 1.91. The Kier molecular flexibility index (Phi) is 6.70. The van der Waals surface area contributed by atoms with Gasteiger partial charge in [0, 0.05) is 18.0 Å². The lowest BCUT2D eigenvalue weighted by molar-refractivity contribution is -0.121. The number of nitrogens with one attached hydrogen (secondary N) is 1. The molecule has 136 valence electrons. The number of hydrogen-bond donors (Lipinski definition) is 2. The van der Waals surface area contributed by atoms with Crippen LogP contribution >= 0.6 is 0 Å². The van der Waals surface area contributed by atoms with Crippen LogP contribution in [0.2, 0.25) is 0 Å². The minimum Gasteiger partial charge on any atom is -0.388 e. The predicted molar refractivity (Wildman–Crippen MR) is 92.5 cm³/mol. The number of carbonyl (C=O) groups is 1. The maximum atomic E-state index is 12.9. The fourth-order valence-corrected chi connectivity index (χ4v) is 2.84. The Morgan fingerprint density at radius 3 is 2.56 bits per heavy atom. The summed E-state index contributed by atoms with van der Waals surface area (Å²) in [4.78, 5) is 12.3. The average Bonchev–Trinajstić information content (AvgIpc) is 2.96. The molecule has 25 heavy (non-hydrogen) atoms. The van der Waals surface area contributed by atoms with Gasteiger partial charge in [0.2, 0.25) is 5.91 Å². The second-order valence-electron chi connectivity index (χ2n) is 6.19. The van der Waals surface area contributed by atoms with Gasteiger partial charge >= 0.3 is 0 Å². The van der Waals surface area contributed by atoms with Crippen molar-refractivity contribution in [2.45, 2.75) is 58.6 Å². The van der Waals surface area contributed by atoms with Crippen molar-refractivity contribution in [3.63, 3.8) is 0 Å². The number of hydrogen-bond acceptors (Lipinski definition) is 4. The molecule has 1 amide bonds. The van der Waals surface area contributed by atoms with Gasteiger partial charge in [0.15, 0.2) is 0 Å². The number of halogens is 1. The fraction of sp³-hybridized carbons (Fsp3) is 0.474. The number of nitrogens with zero attached hydrogens (tertiary/aromatic N) is 1. The second-order valence-corrected chi connectivity index (χ2v) is 6.19. The largest absolute Gasteiger partial charge is 0.388 e. The highest BCUT2D eigenvalue weighted by Crippen LogP contribution is 2.19. The van der Waals surface area contributed by atoms with Gasteiger partial charge in [-0.2, -0.15) is 0 Å². The van der Waals surface area contributed by atoms with Gasteiger partial charge < -0.3 is 14.9 Å². The molecule has 0 bridgehead atoms. The molecule has 1 heterocycles. The van der Waals surface area contributed by atoms with Crippen molar-refractivity contribution in [3.05, 3.63) is 52.7 Å². The van der Waals surface area contributed by atoms with Crippen LogP contribution < -0.4 is 5.32 Å². The number of aliphatic hydroxyl groups is 1. The van der Waals surface area contributed by atoms with Crippen molar-refractivity contribution in [3.8, 4) is 0 Å². The lowest BCUT2D eigenvalue weighted by Gasteiger charge is -2.18. The van der Waals surface area contributed by atoms with E-state index in [1.165, 1.54) is 12.1 Å². The molecular formula is C19H25FN2O3. The number of aromatic nitrogens is 1. The summed E-state index contributed by atoms with van der Waals surface area (Å²) >= 11 is 0. The van der Waals surface area contributed by atoms with Crippen LogP contribution in [0.3, 0.4) is 0 Å². The predicted octanol–water partition coefficient (Wildman–Crippen LogP) is 3.11. The molecule has 2 aromatic rings. The molecule has 0 fully saturated rings. The summed E-state index contributed by atoms with van der Waals surface area (Å²) in [6.45, 7) is 5.77. The van der Waals surface area contributed by atoms with Crippen LogP contribution in [0, 0.1) is 5.82 Å². The number of aliphatic hydroxyl groups excluding tert-OH is 1. The number of benzene rings is 1. The van der Waals surface area contributed by atoms with Crippen LogP contribution in [0.4, 0.5) is 4.39 Å². The molecule has 0 saturated heterocycles. The molecule has 0 saturated carbocycles. The Bertz CT molecular complexity index is 676. The van der Waals surface area contributed by atoms with Crippen molar-refractivity contribution in [1.29, 1.82) is 0 Å². The standard InChI is InChI=1S/C19H25FN2O3/c1-4-16-15(18(5-2)25-22-16)11-19(24)21-12(3)10-17(23)13-6-8-14(20)9-7-13/h6-9,12,17,23H,4-5,10-11H2,1-3H3,(H,21,24). The average molecular weight is 348 g/mol. The summed E-state index contributed by atoms with van der Waals surface area (Å²) in [6.07, 6.45) is 1.21. The molecule has 2 N–H and O–H groups in total. The van der Waals surface area contributed by atoms with Crippen LogP contribution in [0.5, 0.6) is 0 Å². The van der Waals surface area contributed by atoms with Gasteiger partial charge in [-0.1, -0.05) is 31.1 Å². The van der Waals surface area contributed by atoms with Gasteiger partial charge in [0.25, 0.3) is 0 Å². The van der Waals surface area contributed by atoms with E-state index in [2.05, 4.69) is 10.5 Å². The zero-order valence-electron chi connectivity index (χ0n) is 14.9. The number of rotatable bonds is 8. The molecule has 2 atom stereocenters. The Morgan fingerprint density at radius 2 is 1.96 bits per heavy atom. The number of carbonyl (C=O) groups excluding carboxylic acids is 1. The van der Waals surface area contributed by atoms with Crippen LogP contribution in [0.25, 0.3) is 0 Å². The molecular weight excluding hydrogens is 323 g/mol. The molecule has 2 unspecified atom stereocenters. The van der Waals surface area contributed by atoms with Crippen LogP contribution in [0.1, 0.15) is 55.9 Å². The number of aryl methyl sites for hydroxylation is 2. The van der Waals surface area contributed by atoms with E-state index in [1.54, 1.807) is 12.1 Å². The van der Waals surface area contributed by atoms with E-state index in [0.29, 0.717) is 24.8 Å². The van der Waals surface area contributed by atoms with Crippen LogP contribution in [-0.2, 0) is 24.1 Å². The van der Waals surface area contributed by atoms with Gasteiger partial charge in [-0.25, -0.2) is 4.39 Å². The highest BCUT2D eigenvalue weighted by atomic mass is 19.1. The lowest BCUT2D eigenvalue weighted by atomic mass is 10.0. The van der Waals surface area contributed by atoms with E-state index in [-0.39, 0.29) is 24.2 Å². The van der Waals surface area contributed by atoms with Gasteiger partial charge in [0.05, 0.1) is 18.2 Å². The SMILES string of the molecule is CCc1noc(CC)c1CC(=O)NC(C)CC(O)c1ccc(F)cc1. The first-order valence-corrected chi connectivity index (χ1v) is 8.63. The van der Waals surface area contributed by atoms with Crippen LogP contribution in [0.15, 0.2) is 28.8 Å². The molecule has 1 aromatic heterocycles. The normalized spacial score (nSPS) is 13.5. The first-order chi connectivity index (χ1) is 11.9. The fourth-order valence-electron chi connectivity index (χ4n) is 2.84. The molecule has 0 radical (unpaired) electrons. The Hall–Kier alpha value is -2.21. The number of amides is 1. The van der Waals surface area contributed by atoms with E-state index >= 15 is 0 Å². The Labute approximate surface area is 147 Å². The van der Waals surface area contributed by atoms with E-state index in [4.69, 9.17) is 4.52 Å². The van der Waals surface area contributed by atoms with Crippen molar-refractivity contribution < 1.29 is 18.8 Å². The maximum absolute atomic E-state index is 12.9. The smallest absolute Gasteiger partial charge is 0.224 e. The topological polar surface area (TPSA) is 75.4 Å². The summed E-state index contributed by atoms with van der Waals surface area (Å²) in [5.74, 6) is 0.266. The summed E-state index contributed by atoms with van der Waals surface area (Å²) in [5.41, 5.74) is 2.29. The molecule has 6 heteroatoms. The monoisotopic (exact) mass is 348 g/mol. The summed E-state index contributed by atoms with van der Waals surface area (Å²) in [5, 5.41) is 17.1. The van der Waals surface area contributed by atoms with E-state index in [0.717, 1.165) is 17.0 Å². The summed E-state index contributed by atoms with van der Waals surface area (Å²) in [6, 6.07) is 5.50. The van der Waals surface area contributed by atoms with E-state index in [1.807, 2.05) is 20.8 Å². The quantitative estimate of drug-likeness (QED) is 0.769. The zero-order valence-corrected chi connectivity index (χ0v) is 14.9. The summed E-state index contributed by atoms with van der Waals surface area (Å²) < 4.78 is 18.2. The minimum absolute atomic E-state index is 0.133. The molecule has 5 nitrogen and oxygen atoms in total. The first-order valence-electron chi connectivity index (χ1n) is 8.63. The zero-order chi connectivity index (χ0) is 18.4. The van der Waals surface area contributed by atoms with E-state index < -0.39 is 6.10 Å². The van der Waals surface area contributed by atoms with Gasteiger partial charge in [-0.3, -0.25) is 4.79 Å². The molecule has 0 aliphatic rings. The third kappa shape index (κ3) is 5.13. The Morgan fingerprint density at radius 1 is 1.28 bits per heavy atom. The van der Waals surface area contributed by atoms with Crippen molar-refractivity contribution >= 4 is 5.91 Å². The second kappa shape index (κ2) is 8.76. The van der Waals surface area contributed by atoms with E-state index in [9.17, 15) is 14.3 Å².